The Bertz CT molecular complexity index is 7.51. The van der Waals surface area contributed by atoms with Crippen molar-refractivity contribution in [2.75, 3.05) is 0 Å². The van der Waals surface area contributed by atoms with E-state index in [-0.39, 0.29) is 67.2 Å². The van der Waals surface area contributed by atoms with Gasteiger partial charge in [-0.15, -0.1) is 0 Å². The van der Waals surface area contributed by atoms with Crippen LogP contribution in [-0.2, 0) is 30.4 Å². The molecular formula is H3InO4Zn. The van der Waals surface area contributed by atoms with Crippen molar-refractivity contribution in [2.45, 2.75) is 0 Å². The second-order valence-electron chi connectivity index (χ2n) is 0. The van der Waals surface area contributed by atoms with Gasteiger partial charge in [0.2, 0.25) is 0 Å². The van der Waals surface area contributed by atoms with Crippen molar-refractivity contribution < 1.29 is 41.4 Å². The first-order chi connectivity index (χ1) is 0. The normalized spacial score (nSPS) is 0. The number of hydrogen-bond donors (Lipinski definition) is 0. The van der Waals surface area contributed by atoms with Gasteiger partial charge in [0.15, 0.2) is 0 Å². The van der Waals surface area contributed by atoms with Gasteiger partial charge in [0.25, 0.3) is 0 Å². The average molecular weight is 247 g/mol. The smallest absolute Gasteiger partial charge is 2.00 e. The van der Waals surface area contributed by atoms with Gasteiger partial charge in [0.05, 0.1) is 0 Å². The second-order valence-corrected chi connectivity index (χ2v) is 0. The van der Waals surface area contributed by atoms with Crippen LogP contribution in [0.15, 0.2) is 0 Å². The summed E-state index contributed by atoms with van der Waals surface area (Å²) in [4.78, 5) is 0. The molecule has 0 aromatic heterocycles. The Morgan fingerprint density at radius 1 is 0.833 bits per heavy atom. The third-order valence-electron chi connectivity index (χ3n) is 0. The minimum Gasteiger partial charge on any atom is -2.00 e. The quantitative estimate of drug-likeness (QED) is 0.469. The Morgan fingerprint density at radius 3 is 0.833 bits per heavy atom. The second kappa shape index (κ2) is 101. The molecule has 0 aliphatic heterocycles. The molecular weight excluding hydrogens is 244 g/mol. The van der Waals surface area contributed by atoms with Crippen LogP contribution in [0.3, 0.4) is 0 Å². The molecule has 6 heteroatoms. The predicted octanol–water partition coefficient (Wildman–Crippen LogP) is -1.62. The van der Waals surface area contributed by atoms with Crippen molar-refractivity contribution in [2.24, 2.45) is 0 Å². The van der Waals surface area contributed by atoms with Crippen molar-refractivity contribution in [3.05, 3.63) is 0 Å². The van der Waals surface area contributed by atoms with Crippen LogP contribution in [0.4, 0.5) is 0 Å². The van der Waals surface area contributed by atoms with E-state index in [4.69, 9.17) is 0 Å². The van der Waals surface area contributed by atoms with Gasteiger partial charge in [-0.25, -0.2) is 0 Å². The minimum absolute atomic E-state index is 0. The third-order valence-corrected chi connectivity index (χ3v) is 0. The summed E-state index contributed by atoms with van der Waals surface area (Å²) >= 11 is 0. The third kappa shape index (κ3) is 56.3. The fraction of sp³-hybridized carbons (Fsp3) is 0. The molecule has 0 saturated carbocycles. The van der Waals surface area contributed by atoms with Crippen LogP contribution in [0.5, 0.6) is 0 Å². The standard InChI is InChI=1S/In.2H2O.2O.Zn/h;2*1H2;;;/q+3;;;2*-2;+2/p-1. The number of rotatable bonds is 0. The molecule has 0 heterocycles. The molecule has 0 unspecified atom stereocenters. The summed E-state index contributed by atoms with van der Waals surface area (Å²) in [5, 5.41) is 0. The van der Waals surface area contributed by atoms with Gasteiger partial charge in [0, 0.05) is 0 Å². The van der Waals surface area contributed by atoms with Gasteiger partial charge >= 0.3 is 45.3 Å². The van der Waals surface area contributed by atoms with Gasteiger partial charge < -0.3 is 21.9 Å². The molecule has 0 aromatic carbocycles. The molecule has 0 aliphatic carbocycles. The van der Waals surface area contributed by atoms with Crippen molar-refractivity contribution in [1.82, 2.24) is 0 Å². The van der Waals surface area contributed by atoms with E-state index in [1.165, 1.54) is 0 Å². The van der Waals surface area contributed by atoms with Crippen LogP contribution >= 0.6 is 0 Å². The molecule has 0 aromatic rings. The topological polar surface area (TPSA) is 118 Å². The van der Waals surface area contributed by atoms with Crippen LogP contribution in [0, 0.1) is 0 Å². The van der Waals surface area contributed by atoms with Crippen molar-refractivity contribution >= 4 is 25.8 Å². The molecule has 4 nitrogen and oxygen atoms in total. The molecule has 0 atom stereocenters. The summed E-state index contributed by atoms with van der Waals surface area (Å²) in [5.74, 6) is 0. The summed E-state index contributed by atoms with van der Waals surface area (Å²) in [6, 6.07) is 0. The number of hydrogen-bond acceptors (Lipinski definition) is 1. The molecule has 6 heavy (non-hydrogen) atoms. The summed E-state index contributed by atoms with van der Waals surface area (Å²) in [7, 11) is 0. The first-order valence-corrected chi connectivity index (χ1v) is 0. The van der Waals surface area contributed by atoms with Crippen LogP contribution < -0.4 is 0 Å². The summed E-state index contributed by atoms with van der Waals surface area (Å²) in [6.45, 7) is 0. The minimum atomic E-state index is 0. The van der Waals surface area contributed by atoms with Gasteiger partial charge in [-0.1, -0.05) is 0 Å². The average Bonchev–Trinajstić information content (AvgIpc) is 0. The molecule has 0 radical (unpaired) electrons. The predicted molar refractivity (Wildman–Crippen MR) is 12.7 cm³/mol. The first-order valence-electron chi connectivity index (χ1n) is 0. The zero-order chi connectivity index (χ0) is 0. The SMILES string of the molecule is O.[In+3].[O-2].[O-2].[OH-].[Zn+2]. The zero-order valence-electron chi connectivity index (χ0n) is 3.05. The van der Waals surface area contributed by atoms with E-state index < -0.39 is 0 Å². The summed E-state index contributed by atoms with van der Waals surface area (Å²) < 4.78 is 0. The van der Waals surface area contributed by atoms with Crippen LogP contribution in [0.2, 0.25) is 0 Å². The molecule has 0 saturated heterocycles. The van der Waals surface area contributed by atoms with Crippen molar-refractivity contribution in [3.8, 4) is 0 Å². The molecule has 0 rings (SSSR count). The molecule has 0 amide bonds. The Hall–Kier alpha value is 1.33. The fourth-order valence-corrected chi connectivity index (χ4v) is 0. The molecule has 0 aliphatic rings. The Labute approximate surface area is 67.1 Å². The maximum atomic E-state index is 0. The van der Waals surface area contributed by atoms with Crippen molar-refractivity contribution in [3.63, 3.8) is 0 Å². The largest absolute Gasteiger partial charge is 3.00 e. The van der Waals surface area contributed by atoms with E-state index >= 15 is 0 Å². The van der Waals surface area contributed by atoms with E-state index in [1.807, 2.05) is 0 Å². The van der Waals surface area contributed by atoms with E-state index in [0.29, 0.717) is 0 Å². The van der Waals surface area contributed by atoms with E-state index in [9.17, 15) is 0 Å². The zero-order valence-corrected chi connectivity index (χ0v) is 9.31. The van der Waals surface area contributed by atoms with E-state index in [2.05, 4.69) is 0 Å². The van der Waals surface area contributed by atoms with Gasteiger partial charge in [0.1, 0.15) is 0 Å². The molecule has 3 N–H and O–H groups in total. The van der Waals surface area contributed by atoms with Gasteiger partial charge in [-0.2, -0.15) is 0 Å². The summed E-state index contributed by atoms with van der Waals surface area (Å²) in [6.07, 6.45) is 0. The van der Waals surface area contributed by atoms with E-state index in [1.54, 1.807) is 0 Å². The fourth-order valence-electron chi connectivity index (χ4n) is 0. The molecule has 0 spiro atoms. The van der Waals surface area contributed by atoms with Gasteiger partial charge in [-0.05, 0) is 0 Å². The Morgan fingerprint density at radius 2 is 0.833 bits per heavy atom. The Kier molecular flexibility index (Phi) is 2790. The molecule has 0 bridgehead atoms. The van der Waals surface area contributed by atoms with Crippen LogP contribution in [0.25, 0.3) is 0 Å². The maximum Gasteiger partial charge on any atom is 3.00 e. The van der Waals surface area contributed by atoms with Crippen molar-refractivity contribution in [1.29, 1.82) is 0 Å². The van der Waals surface area contributed by atoms with E-state index in [0.717, 1.165) is 0 Å². The Balaban J connectivity index is 0. The summed E-state index contributed by atoms with van der Waals surface area (Å²) in [5.41, 5.74) is 0. The molecule has 32 valence electrons. The van der Waals surface area contributed by atoms with Gasteiger partial charge in [-0.3, -0.25) is 0 Å². The van der Waals surface area contributed by atoms with Crippen LogP contribution in [0.1, 0.15) is 0 Å². The molecule has 0 fully saturated rings. The van der Waals surface area contributed by atoms with Crippen LogP contribution in [-0.4, -0.2) is 36.8 Å². The maximum absolute atomic E-state index is 0. The first kappa shape index (κ1) is 165. The monoisotopic (exact) mass is 246 g/mol.